The largest absolute Gasteiger partial charge is 0.330 e. The summed E-state index contributed by atoms with van der Waals surface area (Å²) in [5.74, 6) is 1.29. The van der Waals surface area contributed by atoms with Gasteiger partial charge < -0.3 is 10.3 Å². The second-order valence-corrected chi connectivity index (χ2v) is 5.57. The Balaban J connectivity index is 1.73. The van der Waals surface area contributed by atoms with Crippen molar-refractivity contribution in [3.8, 4) is 0 Å². The number of imidazole rings is 1. The Morgan fingerprint density at radius 1 is 1.11 bits per heavy atom. The summed E-state index contributed by atoms with van der Waals surface area (Å²) >= 11 is 0. The summed E-state index contributed by atoms with van der Waals surface area (Å²) in [5, 5.41) is 0. The lowest BCUT2D eigenvalue weighted by atomic mass is 10.1. The van der Waals surface area contributed by atoms with Gasteiger partial charge in [-0.2, -0.15) is 0 Å². The first kappa shape index (κ1) is 12.7. The van der Waals surface area contributed by atoms with E-state index >= 15 is 0 Å². The molecule has 1 fully saturated rings. The van der Waals surface area contributed by atoms with E-state index in [1.54, 1.807) is 0 Å². The molecule has 1 aliphatic carbocycles. The minimum absolute atomic E-state index is 0.714. The summed E-state index contributed by atoms with van der Waals surface area (Å²) in [5.41, 5.74) is 8.01. The van der Waals surface area contributed by atoms with Crippen LogP contribution in [-0.4, -0.2) is 16.1 Å². The van der Waals surface area contributed by atoms with Crippen LogP contribution in [0.2, 0.25) is 0 Å². The maximum Gasteiger partial charge on any atom is 0.110 e. The van der Waals surface area contributed by atoms with Crippen molar-refractivity contribution in [3.05, 3.63) is 30.1 Å². The zero-order valence-corrected chi connectivity index (χ0v) is 11.5. The summed E-state index contributed by atoms with van der Waals surface area (Å²) < 4.78 is 2.48. The number of para-hydroxylation sites is 2. The van der Waals surface area contributed by atoms with Crippen molar-refractivity contribution in [1.29, 1.82) is 0 Å². The predicted octanol–water partition coefficient (Wildman–Crippen LogP) is 3.43. The molecule has 2 N–H and O–H groups in total. The maximum absolute atomic E-state index is 5.53. The van der Waals surface area contributed by atoms with E-state index in [-0.39, 0.29) is 0 Å². The number of aromatic nitrogens is 2. The molecule has 3 nitrogen and oxygen atoms in total. The SMILES string of the molecule is NCCCCCCc1nc2ccccc2n1C1CC1. The average molecular weight is 257 g/mol. The van der Waals surface area contributed by atoms with Crippen LogP contribution in [-0.2, 0) is 6.42 Å². The molecule has 19 heavy (non-hydrogen) atoms. The number of aryl methyl sites for hydroxylation is 1. The molecule has 102 valence electrons. The van der Waals surface area contributed by atoms with Gasteiger partial charge in [-0.1, -0.05) is 25.0 Å². The summed E-state index contributed by atoms with van der Waals surface area (Å²) in [6.07, 6.45) is 8.65. The van der Waals surface area contributed by atoms with Crippen molar-refractivity contribution < 1.29 is 0 Å². The minimum Gasteiger partial charge on any atom is -0.330 e. The molecule has 1 heterocycles. The highest BCUT2D eigenvalue weighted by Crippen LogP contribution is 2.38. The molecular formula is C16H23N3. The van der Waals surface area contributed by atoms with E-state index in [9.17, 15) is 0 Å². The molecule has 1 aliphatic rings. The molecule has 0 atom stereocenters. The van der Waals surface area contributed by atoms with Crippen molar-refractivity contribution >= 4 is 11.0 Å². The van der Waals surface area contributed by atoms with E-state index in [0.29, 0.717) is 6.04 Å². The quantitative estimate of drug-likeness (QED) is 0.772. The smallest absolute Gasteiger partial charge is 0.110 e. The first-order chi connectivity index (χ1) is 9.40. The fourth-order valence-electron chi connectivity index (χ4n) is 2.79. The highest BCUT2D eigenvalue weighted by Gasteiger charge is 2.27. The van der Waals surface area contributed by atoms with Crippen LogP contribution in [0.4, 0.5) is 0 Å². The van der Waals surface area contributed by atoms with E-state index in [1.165, 1.54) is 43.4 Å². The van der Waals surface area contributed by atoms with Crippen LogP contribution in [0.3, 0.4) is 0 Å². The van der Waals surface area contributed by atoms with E-state index in [4.69, 9.17) is 10.7 Å². The summed E-state index contributed by atoms with van der Waals surface area (Å²) in [6, 6.07) is 9.25. The van der Waals surface area contributed by atoms with Gasteiger partial charge in [0, 0.05) is 12.5 Å². The molecule has 1 aromatic heterocycles. The van der Waals surface area contributed by atoms with Gasteiger partial charge in [0.05, 0.1) is 11.0 Å². The first-order valence-corrected chi connectivity index (χ1v) is 7.56. The number of benzene rings is 1. The third-order valence-electron chi connectivity index (χ3n) is 3.94. The third kappa shape index (κ3) is 2.81. The number of hydrogen-bond donors (Lipinski definition) is 1. The van der Waals surface area contributed by atoms with Gasteiger partial charge >= 0.3 is 0 Å². The fraction of sp³-hybridized carbons (Fsp3) is 0.562. The molecule has 0 spiro atoms. The lowest BCUT2D eigenvalue weighted by molar-refractivity contribution is 0.612. The monoisotopic (exact) mass is 257 g/mol. The highest BCUT2D eigenvalue weighted by molar-refractivity contribution is 5.76. The fourth-order valence-corrected chi connectivity index (χ4v) is 2.79. The number of hydrogen-bond acceptors (Lipinski definition) is 2. The number of nitrogens with zero attached hydrogens (tertiary/aromatic N) is 2. The van der Waals surface area contributed by atoms with Crippen LogP contribution < -0.4 is 5.73 Å². The number of fused-ring (bicyclic) bond motifs is 1. The standard InChI is InChI=1S/C16H23N3/c17-12-6-2-1-3-9-16-18-14-7-4-5-8-15(14)19(16)13-10-11-13/h4-5,7-8,13H,1-3,6,9-12,17H2. The average Bonchev–Trinajstić information content (AvgIpc) is 3.19. The number of rotatable bonds is 7. The lowest BCUT2D eigenvalue weighted by Crippen LogP contribution is -2.02. The molecule has 3 heteroatoms. The van der Waals surface area contributed by atoms with Crippen LogP contribution in [0, 0.1) is 0 Å². The molecule has 1 aromatic carbocycles. The summed E-state index contributed by atoms with van der Waals surface area (Å²) in [4.78, 5) is 4.83. The Bertz CT molecular complexity index is 540. The first-order valence-electron chi connectivity index (χ1n) is 7.56. The van der Waals surface area contributed by atoms with Gasteiger partial charge in [0.1, 0.15) is 5.82 Å². The number of unbranched alkanes of at least 4 members (excludes halogenated alkanes) is 3. The van der Waals surface area contributed by atoms with Crippen LogP contribution in [0.5, 0.6) is 0 Å². The van der Waals surface area contributed by atoms with Gasteiger partial charge in [-0.05, 0) is 44.4 Å². The van der Waals surface area contributed by atoms with Gasteiger partial charge in [-0.3, -0.25) is 0 Å². The van der Waals surface area contributed by atoms with E-state index in [1.807, 2.05) is 0 Å². The normalized spacial score (nSPS) is 15.2. The minimum atomic E-state index is 0.714. The molecule has 1 saturated carbocycles. The van der Waals surface area contributed by atoms with Crippen molar-refractivity contribution in [3.63, 3.8) is 0 Å². The van der Waals surface area contributed by atoms with Crippen LogP contribution in [0.1, 0.15) is 50.4 Å². The molecular weight excluding hydrogens is 234 g/mol. The Morgan fingerprint density at radius 3 is 2.68 bits per heavy atom. The zero-order chi connectivity index (χ0) is 13.1. The van der Waals surface area contributed by atoms with Crippen LogP contribution in [0.25, 0.3) is 11.0 Å². The van der Waals surface area contributed by atoms with Crippen LogP contribution >= 0.6 is 0 Å². The molecule has 2 aromatic rings. The predicted molar refractivity (Wildman–Crippen MR) is 79.2 cm³/mol. The second kappa shape index (κ2) is 5.74. The Kier molecular flexibility index (Phi) is 3.83. The second-order valence-electron chi connectivity index (χ2n) is 5.57. The van der Waals surface area contributed by atoms with E-state index in [2.05, 4.69) is 28.8 Å². The van der Waals surface area contributed by atoms with Gasteiger partial charge in [-0.25, -0.2) is 4.98 Å². The zero-order valence-electron chi connectivity index (χ0n) is 11.5. The third-order valence-corrected chi connectivity index (χ3v) is 3.94. The van der Waals surface area contributed by atoms with Gasteiger partial charge in [0.2, 0.25) is 0 Å². The molecule has 0 bridgehead atoms. The van der Waals surface area contributed by atoms with Gasteiger partial charge in [0.15, 0.2) is 0 Å². The van der Waals surface area contributed by atoms with Crippen molar-refractivity contribution in [2.45, 2.75) is 51.0 Å². The van der Waals surface area contributed by atoms with Crippen molar-refractivity contribution in [1.82, 2.24) is 9.55 Å². The summed E-state index contributed by atoms with van der Waals surface area (Å²) in [6.45, 7) is 0.820. The van der Waals surface area contributed by atoms with Crippen molar-refractivity contribution in [2.24, 2.45) is 5.73 Å². The van der Waals surface area contributed by atoms with Gasteiger partial charge in [-0.15, -0.1) is 0 Å². The Hall–Kier alpha value is -1.35. The molecule has 0 radical (unpaired) electrons. The maximum atomic E-state index is 5.53. The van der Waals surface area contributed by atoms with Crippen molar-refractivity contribution in [2.75, 3.05) is 6.54 Å². The Morgan fingerprint density at radius 2 is 1.89 bits per heavy atom. The summed E-state index contributed by atoms with van der Waals surface area (Å²) in [7, 11) is 0. The number of nitrogens with two attached hydrogens (primary N) is 1. The topological polar surface area (TPSA) is 43.8 Å². The molecule has 0 unspecified atom stereocenters. The molecule has 0 saturated heterocycles. The van der Waals surface area contributed by atoms with Gasteiger partial charge in [0.25, 0.3) is 0 Å². The van der Waals surface area contributed by atoms with Crippen LogP contribution in [0.15, 0.2) is 24.3 Å². The lowest BCUT2D eigenvalue weighted by Gasteiger charge is -2.07. The van der Waals surface area contributed by atoms with E-state index in [0.717, 1.165) is 24.9 Å². The molecule has 3 rings (SSSR count). The molecule has 0 aliphatic heterocycles. The highest BCUT2D eigenvalue weighted by atomic mass is 15.1. The Labute approximate surface area is 114 Å². The van der Waals surface area contributed by atoms with E-state index < -0.39 is 0 Å². The molecule has 0 amide bonds.